The molecule has 0 saturated carbocycles. The first-order chi connectivity index (χ1) is 6.15. The molecule has 4 heteroatoms. The molecule has 1 aromatic rings. The largest absolute Gasteiger partial charge is 0.394 e. The van der Waals surface area contributed by atoms with Crippen LogP contribution in [0.2, 0.25) is 5.02 Å². The number of aliphatic hydroxyl groups is 2. The summed E-state index contributed by atoms with van der Waals surface area (Å²) in [6, 6.07) is 6.82. The van der Waals surface area contributed by atoms with Crippen LogP contribution in [0.15, 0.2) is 24.3 Å². The van der Waals surface area contributed by atoms with Gasteiger partial charge in [0.05, 0.1) is 18.1 Å². The van der Waals surface area contributed by atoms with Crippen LogP contribution < -0.4 is 0 Å². The van der Waals surface area contributed by atoms with Gasteiger partial charge in [-0.1, -0.05) is 23.7 Å². The maximum Gasteiger partial charge on any atom is 0.0975 e. The Hall–Kier alpha value is -0.280. The number of alkyl halides is 1. The van der Waals surface area contributed by atoms with E-state index in [1.54, 1.807) is 24.3 Å². The van der Waals surface area contributed by atoms with Gasteiger partial charge in [-0.25, -0.2) is 0 Å². The molecule has 0 amide bonds. The minimum Gasteiger partial charge on any atom is -0.394 e. The second-order valence-electron chi connectivity index (χ2n) is 2.70. The summed E-state index contributed by atoms with van der Waals surface area (Å²) in [6.45, 7) is -0.350. The second kappa shape index (κ2) is 4.82. The van der Waals surface area contributed by atoms with E-state index in [4.69, 9.17) is 28.3 Å². The normalized spacial score (nSPS) is 15.4. The van der Waals surface area contributed by atoms with E-state index in [1.165, 1.54) is 0 Å². The number of hydrogen-bond donors (Lipinski definition) is 2. The Labute approximate surface area is 86.7 Å². The number of benzene rings is 1. The summed E-state index contributed by atoms with van der Waals surface area (Å²) in [7, 11) is 0. The zero-order valence-electron chi connectivity index (χ0n) is 6.82. The van der Waals surface area contributed by atoms with Crippen LogP contribution in [-0.2, 0) is 0 Å². The van der Waals surface area contributed by atoms with Crippen LogP contribution in [0.5, 0.6) is 0 Å². The first-order valence-electron chi connectivity index (χ1n) is 3.83. The number of aliphatic hydroxyl groups excluding tert-OH is 2. The molecule has 0 spiro atoms. The Kier molecular flexibility index (Phi) is 4.00. The third-order valence-electron chi connectivity index (χ3n) is 1.71. The minimum absolute atomic E-state index is 0.350. The quantitative estimate of drug-likeness (QED) is 0.766. The van der Waals surface area contributed by atoms with E-state index in [0.29, 0.717) is 5.02 Å². The third kappa shape index (κ3) is 2.85. The van der Waals surface area contributed by atoms with Crippen molar-refractivity contribution in [3.63, 3.8) is 0 Å². The van der Waals surface area contributed by atoms with Crippen molar-refractivity contribution in [3.05, 3.63) is 34.9 Å². The van der Waals surface area contributed by atoms with E-state index in [2.05, 4.69) is 0 Å². The summed E-state index contributed by atoms with van der Waals surface area (Å²) in [5.41, 5.74) is 0.743. The molecular weight excluding hydrogens is 211 g/mol. The molecule has 0 saturated heterocycles. The molecule has 0 aliphatic heterocycles. The molecule has 0 bridgehead atoms. The van der Waals surface area contributed by atoms with Crippen LogP contribution in [0.3, 0.4) is 0 Å². The molecule has 0 aliphatic carbocycles. The van der Waals surface area contributed by atoms with Crippen molar-refractivity contribution < 1.29 is 10.2 Å². The van der Waals surface area contributed by atoms with E-state index in [9.17, 15) is 5.11 Å². The van der Waals surface area contributed by atoms with Crippen molar-refractivity contribution in [2.75, 3.05) is 6.61 Å². The van der Waals surface area contributed by atoms with Gasteiger partial charge in [0.2, 0.25) is 0 Å². The number of hydrogen-bond acceptors (Lipinski definition) is 2. The first kappa shape index (κ1) is 10.8. The summed E-state index contributed by atoms with van der Waals surface area (Å²) in [4.78, 5) is 0. The van der Waals surface area contributed by atoms with Gasteiger partial charge < -0.3 is 10.2 Å². The van der Waals surface area contributed by atoms with Gasteiger partial charge in [-0.05, 0) is 17.7 Å². The summed E-state index contributed by atoms with van der Waals surface area (Å²) in [6.07, 6.45) is -0.942. The standard InChI is InChI=1S/C9H10Cl2O2/c10-7-3-1-6(2-4-7)9(11)8(13)5-12/h1-4,8-9,12-13H,5H2/t8-,9+/m0/s1. The van der Waals surface area contributed by atoms with E-state index >= 15 is 0 Å². The van der Waals surface area contributed by atoms with Crippen LogP contribution in [0.4, 0.5) is 0 Å². The van der Waals surface area contributed by atoms with Gasteiger partial charge in [0.1, 0.15) is 0 Å². The van der Waals surface area contributed by atoms with Crippen molar-refractivity contribution in [2.24, 2.45) is 0 Å². The molecule has 2 N–H and O–H groups in total. The molecular formula is C9H10Cl2O2. The van der Waals surface area contributed by atoms with Gasteiger partial charge in [0, 0.05) is 5.02 Å². The van der Waals surface area contributed by atoms with Crippen LogP contribution in [-0.4, -0.2) is 22.9 Å². The van der Waals surface area contributed by atoms with Crippen molar-refractivity contribution in [1.82, 2.24) is 0 Å². The fourth-order valence-electron chi connectivity index (χ4n) is 0.961. The third-order valence-corrected chi connectivity index (χ3v) is 2.51. The van der Waals surface area contributed by atoms with Gasteiger partial charge >= 0.3 is 0 Å². The van der Waals surface area contributed by atoms with Crippen molar-refractivity contribution in [3.8, 4) is 0 Å². The van der Waals surface area contributed by atoms with E-state index in [0.717, 1.165) is 5.56 Å². The molecule has 0 aromatic heterocycles. The number of rotatable bonds is 3. The van der Waals surface area contributed by atoms with Gasteiger partial charge in [0.15, 0.2) is 0 Å². The Morgan fingerprint density at radius 2 is 1.77 bits per heavy atom. The molecule has 0 aliphatic rings. The monoisotopic (exact) mass is 220 g/mol. The molecule has 0 fully saturated rings. The van der Waals surface area contributed by atoms with Gasteiger partial charge in [-0.2, -0.15) is 0 Å². The molecule has 1 aromatic carbocycles. The van der Waals surface area contributed by atoms with Crippen molar-refractivity contribution in [1.29, 1.82) is 0 Å². The van der Waals surface area contributed by atoms with E-state index < -0.39 is 11.5 Å². The lowest BCUT2D eigenvalue weighted by Crippen LogP contribution is -2.18. The highest BCUT2D eigenvalue weighted by atomic mass is 35.5. The highest BCUT2D eigenvalue weighted by Crippen LogP contribution is 2.25. The van der Waals surface area contributed by atoms with Crippen LogP contribution >= 0.6 is 23.2 Å². The molecule has 0 heterocycles. The fourth-order valence-corrected chi connectivity index (χ4v) is 1.31. The molecule has 72 valence electrons. The number of halogens is 2. The average molecular weight is 221 g/mol. The van der Waals surface area contributed by atoms with Crippen molar-refractivity contribution >= 4 is 23.2 Å². The van der Waals surface area contributed by atoms with Crippen molar-refractivity contribution in [2.45, 2.75) is 11.5 Å². The Balaban J connectivity index is 2.77. The van der Waals surface area contributed by atoms with Gasteiger partial charge in [-0.15, -0.1) is 11.6 Å². The lowest BCUT2D eigenvalue weighted by molar-refractivity contribution is 0.0915. The molecule has 0 radical (unpaired) electrons. The van der Waals surface area contributed by atoms with Crippen LogP contribution in [0.1, 0.15) is 10.9 Å². The van der Waals surface area contributed by atoms with E-state index in [-0.39, 0.29) is 6.61 Å². The molecule has 2 nitrogen and oxygen atoms in total. The summed E-state index contributed by atoms with van der Waals surface area (Å²) in [5.74, 6) is 0. The molecule has 0 unspecified atom stereocenters. The Morgan fingerprint density at radius 1 is 1.23 bits per heavy atom. The second-order valence-corrected chi connectivity index (χ2v) is 3.61. The van der Waals surface area contributed by atoms with Gasteiger partial charge in [-0.3, -0.25) is 0 Å². The lowest BCUT2D eigenvalue weighted by Gasteiger charge is -2.14. The lowest BCUT2D eigenvalue weighted by atomic mass is 10.1. The summed E-state index contributed by atoms with van der Waals surface area (Å²) in [5, 5.41) is 17.9. The Bertz CT molecular complexity index is 261. The fraction of sp³-hybridized carbons (Fsp3) is 0.333. The maximum atomic E-state index is 9.23. The molecule has 1 rings (SSSR count). The molecule has 2 atom stereocenters. The smallest absolute Gasteiger partial charge is 0.0975 e. The maximum absolute atomic E-state index is 9.23. The first-order valence-corrected chi connectivity index (χ1v) is 4.65. The topological polar surface area (TPSA) is 40.5 Å². The zero-order chi connectivity index (χ0) is 9.84. The van der Waals surface area contributed by atoms with E-state index in [1.807, 2.05) is 0 Å². The Morgan fingerprint density at radius 3 is 2.23 bits per heavy atom. The minimum atomic E-state index is -0.942. The van der Waals surface area contributed by atoms with Crippen LogP contribution in [0.25, 0.3) is 0 Å². The van der Waals surface area contributed by atoms with Crippen LogP contribution in [0, 0.1) is 0 Å². The summed E-state index contributed by atoms with van der Waals surface area (Å²) < 4.78 is 0. The highest BCUT2D eigenvalue weighted by molar-refractivity contribution is 6.30. The average Bonchev–Trinajstić information content (AvgIpc) is 2.17. The SMILES string of the molecule is OC[C@H](O)[C@H](Cl)c1ccc(Cl)cc1. The zero-order valence-corrected chi connectivity index (χ0v) is 8.33. The predicted molar refractivity (Wildman–Crippen MR) is 53.1 cm³/mol. The predicted octanol–water partition coefficient (Wildman–Crippen LogP) is 1.97. The van der Waals surface area contributed by atoms with Gasteiger partial charge in [0.25, 0.3) is 0 Å². The summed E-state index contributed by atoms with van der Waals surface area (Å²) >= 11 is 11.5. The molecule has 13 heavy (non-hydrogen) atoms. The highest BCUT2D eigenvalue weighted by Gasteiger charge is 2.16.